The number of nitrogens with one attached hydrogen (secondary N) is 3. The smallest absolute Gasteiger partial charge is 0.323 e. The van der Waals surface area contributed by atoms with Gasteiger partial charge in [-0.1, -0.05) is 19.8 Å². The molecule has 1 aromatic heterocycles. The first-order valence-electron chi connectivity index (χ1n) is 8.98. The van der Waals surface area contributed by atoms with Crippen LogP contribution in [-0.2, 0) is 9.59 Å². The second-order valence-corrected chi connectivity index (χ2v) is 7.50. The van der Waals surface area contributed by atoms with Crippen molar-refractivity contribution in [3.63, 3.8) is 0 Å². The number of hydrogen-bond acceptors (Lipinski definition) is 4. The number of rotatable bonds is 5. The Balaban J connectivity index is 1.30. The third-order valence-electron chi connectivity index (χ3n) is 5.64. The largest absolute Gasteiger partial charge is 0.325 e. The number of aromatic amines is 1. The van der Waals surface area contributed by atoms with Gasteiger partial charge >= 0.3 is 6.03 Å². The summed E-state index contributed by atoms with van der Waals surface area (Å²) in [6, 6.07) is 1.47. The number of urea groups is 1. The quantitative estimate of drug-likeness (QED) is 0.706. The number of hydrogen-bond donors (Lipinski definition) is 3. The molecule has 1 spiro atoms. The summed E-state index contributed by atoms with van der Waals surface area (Å²) >= 11 is 0. The van der Waals surface area contributed by atoms with E-state index >= 15 is 0 Å². The zero-order valence-corrected chi connectivity index (χ0v) is 14.3. The van der Waals surface area contributed by atoms with Crippen LogP contribution in [0, 0.1) is 5.92 Å². The summed E-state index contributed by atoms with van der Waals surface area (Å²) in [5.74, 6) is 1.21. The zero-order valence-electron chi connectivity index (χ0n) is 14.3. The molecule has 1 aliphatic heterocycles. The van der Waals surface area contributed by atoms with Crippen molar-refractivity contribution >= 4 is 23.7 Å². The molecule has 4 amide bonds. The molecule has 8 nitrogen and oxygen atoms in total. The van der Waals surface area contributed by atoms with E-state index in [4.69, 9.17) is 0 Å². The third kappa shape index (κ3) is 2.89. The van der Waals surface area contributed by atoms with Gasteiger partial charge in [-0.15, -0.1) is 0 Å². The van der Waals surface area contributed by atoms with Crippen molar-refractivity contribution in [3.05, 3.63) is 11.8 Å². The molecule has 0 unspecified atom stereocenters. The molecule has 2 aliphatic carbocycles. The average Bonchev–Trinajstić information content (AvgIpc) is 2.95. The van der Waals surface area contributed by atoms with E-state index in [1.54, 1.807) is 0 Å². The normalized spacial score (nSPS) is 27.0. The molecule has 8 heteroatoms. The topological polar surface area (TPSA) is 107 Å². The minimum atomic E-state index is -0.717. The minimum Gasteiger partial charge on any atom is -0.323 e. The summed E-state index contributed by atoms with van der Waals surface area (Å²) in [5.41, 5.74) is 0.325. The van der Waals surface area contributed by atoms with E-state index in [1.165, 1.54) is 4.90 Å². The molecule has 1 aromatic rings. The Labute approximate surface area is 145 Å². The Morgan fingerprint density at radius 2 is 2.12 bits per heavy atom. The monoisotopic (exact) mass is 345 g/mol. The predicted octanol–water partition coefficient (Wildman–Crippen LogP) is 1.73. The summed E-state index contributed by atoms with van der Waals surface area (Å²) in [7, 11) is 0. The van der Waals surface area contributed by atoms with Gasteiger partial charge in [0.05, 0.1) is 0 Å². The van der Waals surface area contributed by atoms with Crippen LogP contribution >= 0.6 is 0 Å². The molecule has 2 atom stereocenters. The maximum absolute atomic E-state index is 12.5. The number of carbonyl (C=O) groups excluding carboxylic acids is 3. The van der Waals surface area contributed by atoms with Gasteiger partial charge in [-0.05, 0) is 25.2 Å². The van der Waals surface area contributed by atoms with Crippen molar-refractivity contribution in [3.8, 4) is 0 Å². The van der Waals surface area contributed by atoms with Crippen molar-refractivity contribution in [1.29, 1.82) is 0 Å². The third-order valence-corrected chi connectivity index (χ3v) is 5.64. The van der Waals surface area contributed by atoms with Gasteiger partial charge in [0.2, 0.25) is 5.91 Å². The Kier molecular flexibility index (Phi) is 3.77. The standard InChI is InChI=1S/C17H23N5O3/c1-10-8-11(10)12-9-13(21-20-12)18-14(23)4-7-22-15(24)17(19-16(22)25)5-2-3-6-17/h9-11H,2-8H2,1H3,(H,19,25)(H2,18,20,21,23)/t10-,11-/m1/s1. The highest BCUT2D eigenvalue weighted by atomic mass is 16.2. The van der Waals surface area contributed by atoms with Gasteiger partial charge in [0, 0.05) is 30.6 Å². The fourth-order valence-electron chi connectivity index (χ4n) is 3.96. The van der Waals surface area contributed by atoms with E-state index in [2.05, 4.69) is 27.8 Å². The number of aromatic nitrogens is 2. The van der Waals surface area contributed by atoms with Gasteiger partial charge in [0.25, 0.3) is 5.91 Å². The van der Waals surface area contributed by atoms with Crippen LogP contribution in [0.2, 0.25) is 0 Å². The van der Waals surface area contributed by atoms with Crippen LogP contribution in [0.15, 0.2) is 6.07 Å². The molecule has 25 heavy (non-hydrogen) atoms. The Hall–Kier alpha value is -2.38. The highest BCUT2D eigenvalue weighted by Crippen LogP contribution is 2.46. The van der Waals surface area contributed by atoms with Crippen molar-refractivity contribution in [2.75, 3.05) is 11.9 Å². The van der Waals surface area contributed by atoms with Crippen molar-refractivity contribution in [2.45, 2.75) is 56.9 Å². The van der Waals surface area contributed by atoms with E-state index in [0.29, 0.717) is 30.5 Å². The van der Waals surface area contributed by atoms with E-state index in [-0.39, 0.29) is 30.8 Å². The molecule has 2 heterocycles. The summed E-state index contributed by atoms with van der Waals surface area (Å²) in [5, 5.41) is 12.6. The van der Waals surface area contributed by atoms with Crippen LogP contribution in [0.1, 0.15) is 57.1 Å². The lowest BCUT2D eigenvalue weighted by Gasteiger charge is -2.19. The fourth-order valence-corrected chi connectivity index (χ4v) is 3.96. The van der Waals surface area contributed by atoms with E-state index in [0.717, 1.165) is 25.0 Å². The molecular formula is C17H23N5O3. The van der Waals surface area contributed by atoms with E-state index in [1.807, 2.05) is 6.07 Å². The van der Waals surface area contributed by atoms with Gasteiger partial charge < -0.3 is 10.6 Å². The van der Waals surface area contributed by atoms with E-state index in [9.17, 15) is 14.4 Å². The summed E-state index contributed by atoms with van der Waals surface area (Å²) in [6.45, 7) is 2.27. The maximum atomic E-state index is 12.5. The van der Waals surface area contributed by atoms with Crippen molar-refractivity contribution < 1.29 is 14.4 Å². The SMILES string of the molecule is C[C@@H]1C[C@H]1c1cc(NC(=O)CCN2C(=O)NC3(CCCC3)C2=O)n[nH]1. The molecule has 2 saturated carbocycles. The predicted molar refractivity (Wildman–Crippen MR) is 89.8 cm³/mol. The second-order valence-electron chi connectivity index (χ2n) is 7.50. The van der Waals surface area contributed by atoms with Crippen LogP contribution in [0.4, 0.5) is 10.6 Å². The lowest BCUT2D eigenvalue weighted by atomic mass is 9.98. The Morgan fingerprint density at radius 1 is 1.40 bits per heavy atom. The second kappa shape index (κ2) is 5.86. The number of anilines is 1. The summed E-state index contributed by atoms with van der Waals surface area (Å²) in [6.07, 6.45) is 4.48. The van der Waals surface area contributed by atoms with Gasteiger partial charge in [-0.3, -0.25) is 19.6 Å². The molecule has 134 valence electrons. The van der Waals surface area contributed by atoms with Crippen molar-refractivity contribution in [2.24, 2.45) is 5.92 Å². The molecule has 0 radical (unpaired) electrons. The molecule has 3 aliphatic rings. The molecule has 1 saturated heterocycles. The number of carbonyl (C=O) groups is 3. The highest BCUT2D eigenvalue weighted by Gasteiger charge is 2.52. The fraction of sp³-hybridized carbons (Fsp3) is 0.647. The first kappa shape index (κ1) is 16.1. The first-order valence-corrected chi connectivity index (χ1v) is 8.98. The highest BCUT2D eigenvalue weighted by molar-refractivity contribution is 6.07. The molecule has 3 fully saturated rings. The number of imide groups is 1. The van der Waals surface area contributed by atoms with Gasteiger partial charge in [-0.25, -0.2) is 4.79 Å². The Morgan fingerprint density at radius 3 is 2.80 bits per heavy atom. The average molecular weight is 345 g/mol. The minimum absolute atomic E-state index is 0.0667. The summed E-state index contributed by atoms with van der Waals surface area (Å²) in [4.78, 5) is 37.9. The number of H-pyrrole nitrogens is 1. The van der Waals surface area contributed by atoms with Crippen molar-refractivity contribution in [1.82, 2.24) is 20.4 Å². The summed E-state index contributed by atoms with van der Waals surface area (Å²) < 4.78 is 0. The van der Waals surface area contributed by atoms with Crippen LogP contribution in [0.25, 0.3) is 0 Å². The van der Waals surface area contributed by atoms with Crippen LogP contribution in [0.5, 0.6) is 0 Å². The molecule has 4 rings (SSSR count). The molecule has 3 N–H and O–H groups in total. The van der Waals surface area contributed by atoms with Crippen LogP contribution in [0.3, 0.4) is 0 Å². The molecule has 0 bridgehead atoms. The lowest BCUT2D eigenvalue weighted by Crippen LogP contribution is -2.44. The van der Waals surface area contributed by atoms with Gasteiger partial charge in [0.1, 0.15) is 5.54 Å². The first-order chi connectivity index (χ1) is 12.0. The zero-order chi connectivity index (χ0) is 17.6. The maximum Gasteiger partial charge on any atom is 0.325 e. The number of amides is 4. The van der Waals surface area contributed by atoms with Crippen LogP contribution in [-0.4, -0.2) is 45.0 Å². The van der Waals surface area contributed by atoms with Crippen LogP contribution < -0.4 is 10.6 Å². The van der Waals surface area contributed by atoms with Gasteiger partial charge in [-0.2, -0.15) is 5.10 Å². The molecule has 0 aromatic carbocycles. The lowest BCUT2D eigenvalue weighted by molar-refractivity contribution is -0.131. The number of nitrogens with zero attached hydrogens (tertiary/aromatic N) is 2. The Bertz CT molecular complexity index is 722. The molecular weight excluding hydrogens is 322 g/mol. The van der Waals surface area contributed by atoms with Gasteiger partial charge in [0.15, 0.2) is 5.82 Å². The van der Waals surface area contributed by atoms with E-state index < -0.39 is 5.54 Å².